The van der Waals surface area contributed by atoms with Gasteiger partial charge >= 0.3 is 0 Å². The van der Waals surface area contributed by atoms with Crippen molar-refractivity contribution in [2.45, 2.75) is 13.0 Å². The zero-order valence-electron chi connectivity index (χ0n) is 12.5. The fourth-order valence-electron chi connectivity index (χ4n) is 1.66. The molecule has 0 aliphatic heterocycles. The molecule has 7 nitrogen and oxygen atoms in total. The van der Waals surface area contributed by atoms with Crippen LogP contribution in [0.1, 0.15) is 17.4 Å². The van der Waals surface area contributed by atoms with Crippen molar-refractivity contribution in [2.24, 2.45) is 0 Å². The molecule has 2 amide bonds. The van der Waals surface area contributed by atoms with Crippen LogP contribution in [0.4, 0.5) is 5.13 Å². The summed E-state index contributed by atoms with van der Waals surface area (Å²) < 4.78 is 5.39. The summed E-state index contributed by atoms with van der Waals surface area (Å²) in [5.74, 6) is -0.0197. The van der Waals surface area contributed by atoms with E-state index in [0.717, 1.165) is 11.3 Å². The normalized spacial score (nSPS) is 11.6. The van der Waals surface area contributed by atoms with Crippen LogP contribution in [-0.4, -0.2) is 41.2 Å². The Bertz CT molecular complexity index is 660. The third kappa shape index (κ3) is 5.68. The van der Waals surface area contributed by atoms with Crippen LogP contribution in [0.15, 0.2) is 35.7 Å². The van der Waals surface area contributed by atoms with Crippen LogP contribution in [0.25, 0.3) is 0 Å². The number of nitrogens with one attached hydrogen (secondary N) is 2. The number of benzene rings is 1. The van der Waals surface area contributed by atoms with E-state index in [2.05, 4.69) is 15.6 Å². The van der Waals surface area contributed by atoms with Gasteiger partial charge in [0.2, 0.25) is 5.91 Å². The lowest BCUT2D eigenvalue weighted by molar-refractivity contribution is -0.114. The lowest BCUT2D eigenvalue weighted by Crippen LogP contribution is -2.35. The summed E-state index contributed by atoms with van der Waals surface area (Å²) in [7, 11) is 0. The highest BCUT2D eigenvalue weighted by Crippen LogP contribution is 2.15. The van der Waals surface area contributed by atoms with Crippen LogP contribution in [0.2, 0.25) is 0 Å². The summed E-state index contributed by atoms with van der Waals surface area (Å²) in [5.41, 5.74) is 0.190. The van der Waals surface area contributed by atoms with Gasteiger partial charge in [-0.3, -0.25) is 9.59 Å². The van der Waals surface area contributed by atoms with Crippen LogP contribution >= 0.6 is 11.3 Å². The predicted molar refractivity (Wildman–Crippen MR) is 86.7 cm³/mol. The molecule has 0 radical (unpaired) electrons. The van der Waals surface area contributed by atoms with Crippen LogP contribution in [0, 0.1) is 0 Å². The maximum atomic E-state index is 11.9. The first kappa shape index (κ1) is 16.9. The average Bonchev–Trinajstić information content (AvgIpc) is 2.99. The Morgan fingerprint density at radius 1 is 1.35 bits per heavy atom. The van der Waals surface area contributed by atoms with E-state index in [9.17, 15) is 14.7 Å². The van der Waals surface area contributed by atoms with Gasteiger partial charge < -0.3 is 20.5 Å². The molecule has 122 valence electrons. The van der Waals surface area contributed by atoms with Gasteiger partial charge in [0.05, 0.1) is 0 Å². The second kappa shape index (κ2) is 8.25. The number of carbonyl (C=O) groups is 2. The molecular weight excluding hydrogens is 318 g/mol. The summed E-state index contributed by atoms with van der Waals surface area (Å²) in [6, 6.07) is 9.09. The molecule has 2 aromatic rings. The highest BCUT2D eigenvalue weighted by molar-refractivity contribution is 7.14. The minimum atomic E-state index is -0.840. The fourth-order valence-corrected chi connectivity index (χ4v) is 2.39. The molecule has 0 fully saturated rings. The number of ether oxygens (including phenoxy) is 1. The molecule has 2 rings (SSSR count). The average molecular weight is 335 g/mol. The van der Waals surface area contributed by atoms with Gasteiger partial charge in [0.25, 0.3) is 5.91 Å². The van der Waals surface area contributed by atoms with E-state index in [-0.39, 0.29) is 24.8 Å². The number of amides is 2. The number of aromatic nitrogens is 1. The van der Waals surface area contributed by atoms with Gasteiger partial charge in [0.1, 0.15) is 24.2 Å². The molecule has 1 heterocycles. The van der Waals surface area contributed by atoms with Crippen molar-refractivity contribution >= 4 is 28.3 Å². The molecule has 0 aliphatic carbocycles. The number of aliphatic hydroxyl groups excluding tert-OH is 1. The number of thiazole rings is 1. The monoisotopic (exact) mass is 335 g/mol. The largest absolute Gasteiger partial charge is 0.491 e. The van der Waals surface area contributed by atoms with E-state index in [1.54, 1.807) is 12.1 Å². The standard InChI is InChI=1S/C15H17N3O4S/c1-10(19)17-15-18-13(9-23-15)14(21)16-7-11(20)8-22-12-5-3-2-4-6-12/h2-6,9,11,20H,7-8H2,1H3,(H,16,21)(H,17,18,19)/t11-/m1/s1. The zero-order valence-corrected chi connectivity index (χ0v) is 13.3. The van der Waals surface area contributed by atoms with E-state index < -0.39 is 12.0 Å². The molecule has 1 aromatic heterocycles. The van der Waals surface area contributed by atoms with Gasteiger partial charge in [-0.15, -0.1) is 11.3 Å². The Morgan fingerprint density at radius 2 is 2.09 bits per heavy atom. The number of nitrogens with zero attached hydrogens (tertiary/aromatic N) is 1. The fraction of sp³-hybridized carbons (Fsp3) is 0.267. The van der Waals surface area contributed by atoms with Crippen molar-refractivity contribution in [3.8, 4) is 5.75 Å². The summed E-state index contributed by atoms with van der Waals surface area (Å²) in [5, 5.41) is 16.8. The number of rotatable bonds is 7. The third-order valence-electron chi connectivity index (χ3n) is 2.70. The molecule has 0 unspecified atom stereocenters. The van der Waals surface area contributed by atoms with E-state index in [1.807, 2.05) is 18.2 Å². The molecule has 0 spiro atoms. The lowest BCUT2D eigenvalue weighted by Gasteiger charge is -2.12. The van der Waals surface area contributed by atoms with Crippen molar-refractivity contribution in [1.29, 1.82) is 0 Å². The van der Waals surface area contributed by atoms with Crippen molar-refractivity contribution in [3.05, 3.63) is 41.4 Å². The molecule has 23 heavy (non-hydrogen) atoms. The second-order valence-electron chi connectivity index (χ2n) is 4.71. The maximum Gasteiger partial charge on any atom is 0.270 e. The van der Waals surface area contributed by atoms with Crippen LogP contribution in [-0.2, 0) is 4.79 Å². The molecule has 1 aromatic carbocycles. The lowest BCUT2D eigenvalue weighted by atomic mass is 10.3. The minimum absolute atomic E-state index is 0.0403. The van der Waals surface area contributed by atoms with Gasteiger partial charge in [-0.2, -0.15) is 0 Å². The first-order chi connectivity index (χ1) is 11.0. The molecule has 0 saturated carbocycles. The predicted octanol–water partition coefficient (Wildman–Crippen LogP) is 1.27. The Morgan fingerprint density at radius 3 is 2.78 bits per heavy atom. The van der Waals surface area contributed by atoms with E-state index in [0.29, 0.717) is 10.9 Å². The van der Waals surface area contributed by atoms with Crippen LogP contribution in [0.5, 0.6) is 5.75 Å². The highest BCUT2D eigenvalue weighted by Gasteiger charge is 2.13. The van der Waals surface area contributed by atoms with Crippen molar-refractivity contribution in [2.75, 3.05) is 18.5 Å². The van der Waals surface area contributed by atoms with Crippen LogP contribution in [0.3, 0.4) is 0 Å². The van der Waals surface area contributed by atoms with Gasteiger partial charge in [-0.05, 0) is 12.1 Å². The molecule has 0 aliphatic rings. The Balaban J connectivity index is 1.75. The van der Waals surface area contributed by atoms with Gasteiger partial charge in [0, 0.05) is 18.8 Å². The summed E-state index contributed by atoms with van der Waals surface area (Å²) in [4.78, 5) is 26.8. The number of hydrogen-bond donors (Lipinski definition) is 3. The number of aliphatic hydroxyl groups is 1. The van der Waals surface area contributed by atoms with Crippen molar-refractivity contribution < 1.29 is 19.4 Å². The minimum Gasteiger partial charge on any atom is -0.491 e. The van der Waals surface area contributed by atoms with Gasteiger partial charge in [0.15, 0.2) is 5.13 Å². The van der Waals surface area contributed by atoms with Crippen molar-refractivity contribution in [3.63, 3.8) is 0 Å². The van der Waals surface area contributed by atoms with Crippen molar-refractivity contribution in [1.82, 2.24) is 10.3 Å². The highest BCUT2D eigenvalue weighted by atomic mass is 32.1. The van der Waals surface area contributed by atoms with E-state index >= 15 is 0 Å². The Kier molecular flexibility index (Phi) is 6.07. The van der Waals surface area contributed by atoms with E-state index in [4.69, 9.17) is 4.74 Å². The topological polar surface area (TPSA) is 101 Å². The third-order valence-corrected chi connectivity index (χ3v) is 3.46. The smallest absolute Gasteiger partial charge is 0.270 e. The second-order valence-corrected chi connectivity index (χ2v) is 5.57. The number of carbonyl (C=O) groups excluding carboxylic acids is 2. The maximum absolute atomic E-state index is 11.9. The number of para-hydroxylation sites is 1. The Labute approximate surface area is 137 Å². The summed E-state index contributed by atoms with van der Waals surface area (Å²) in [6.45, 7) is 1.47. The van der Waals surface area contributed by atoms with E-state index in [1.165, 1.54) is 12.3 Å². The summed E-state index contributed by atoms with van der Waals surface area (Å²) >= 11 is 1.16. The number of hydrogen-bond acceptors (Lipinski definition) is 6. The molecule has 0 bridgehead atoms. The first-order valence-electron chi connectivity index (χ1n) is 6.92. The SMILES string of the molecule is CC(=O)Nc1nc(C(=O)NC[C@@H](O)COc2ccccc2)cs1. The quantitative estimate of drug-likeness (QED) is 0.707. The van der Waals surface area contributed by atoms with Crippen LogP contribution < -0.4 is 15.4 Å². The zero-order chi connectivity index (χ0) is 16.7. The van der Waals surface area contributed by atoms with Gasteiger partial charge in [-0.1, -0.05) is 18.2 Å². The first-order valence-corrected chi connectivity index (χ1v) is 7.80. The number of anilines is 1. The van der Waals surface area contributed by atoms with Gasteiger partial charge in [-0.25, -0.2) is 4.98 Å². The molecule has 0 saturated heterocycles. The molecule has 1 atom stereocenters. The molecule has 8 heteroatoms. The molecular formula is C15H17N3O4S. The Hall–Kier alpha value is -2.45. The summed E-state index contributed by atoms with van der Waals surface area (Å²) in [6.07, 6.45) is -0.840. The molecule has 3 N–H and O–H groups in total.